The minimum Gasteiger partial charge on any atom is -0.296 e. The smallest absolute Gasteiger partial charge is 0.257 e. The SMILES string of the molecule is O=C(Nc1nnc(C23CC4CC(CC(C4)C2)C3)s1)c1ccc(S(=O)(=O)N2CCCCC2)cc1. The maximum atomic E-state index is 12.8. The number of carbonyl (C=O) groups is 1. The number of rotatable bonds is 5. The number of hydrogen-bond donors (Lipinski definition) is 1. The number of aromatic nitrogens is 2. The maximum Gasteiger partial charge on any atom is 0.257 e. The normalized spacial score (nSPS) is 31.6. The summed E-state index contributed by atoms with van der Waals surface area (Å²) in [4.78, 5) is 13.0. The van der Waals surface area contributed by atoms with Gasteiger partial charge in [0.15, 0.2) is 0 Å². The number of amides is 1. The van der Waals surface area contributed by atoms with Crippen LogP contribution in [0.5, 0.6) is 0 Å². The Kier molecular flexibility index (Phi) is 5.34. The first-order valence-electron chi connectivity index (χ1n) is 12.2. The second-order valence-corrected chi connectivity index (χ2v) is 13.5. The van der Waals surface area contributed by atoms with Crippen molar-refractivity contribution in [1.82, 2.24) is 14.5 Å². The van der Waals surface area contributed by atoms with Crippen LogP contribution in [0.25, 0.3) is 0 Å². The van der Waals surface area contributed by atoms with Crippen molar-refractivity contribution in [1.29, 1.82) is 0 Å². The van der Waals surface area contributed by atoms with Gasteiger partial charge in [0.2, 0.25) is 15.2 Å². The van der Waals surface area contributed by atoms with E-state index in [2.05, 4.69) is 15.5 Å². The van der Waals surface area contributed by atoms with E-state index in [4.69, 9.17) is 0 Å². The van der Waals surface area contributed by atoms with E-state index in [9.17, 15) is 13.2 Å². The van der Waals surface area contributed by atoms with Crippen molar-refractivity contribution in [2.45, 2.75) is 68.1 Å². The van der Waals surface area contributed by atoms with Crippen LogP contribution in [0, 0.1) is 17.8 Å². The largest absolute Gasteiger partial charge is 0.296 e. The Bertz CT molecular complexity index is 1120. The summed E-state index contributed by atoms with van der Waals surface area (Å²) in [5.74, 6) is 2.21. The third-order valence-corrected chi connectivity index (χ3v) is 11.2. The monoisotopic (exact) mass is 486 g/mol. The van der Waals surface area contributed by atoms with Crippen molar-refractivity contribution in [3.05, 3.63) is 34.8 Å². The Labute approximate surface area is 199 Å². The average Bonchev–Trinajstić information content (AvgIpc) is 3.28. The van der Waals surface area contributed by atoms with Crippen LogP contribution in [0.2, 0.25) is 0 Å². The van der Waals surface area contributed by atoms with E-state index in [-0.39, 0.29) is 16.2 Å². The molecule has 4 aliphatic carbocycles. The minimum atomic E-state index is -3.50. The Morgan fingerprint density at radius 3 is 2.15 bits per heavy atom. The van der Waals surface area contributed by atoms with Gasteiger partial charge in [-0.15, -0.1) is 10.2 Å². The fourth-order valence-electron chi connectivity index (χ4n) is 7.06. The Hall–Kier alpha value is -1.84. The van der Waals surface area contributed by atoms with Gasteiger partial charge in [-0.3, -0.25) is 10.1 Å². The summed E-state index contributed by atoms with van der Waals surface area (Å²) in [5.41, 5.74) is 0.582. The predicted octanol–water partition coefficient (Wildman–Crippen LogP) is 4.43. The maximum absolute atomic E-state index is 12.8. The summed E-state index contributed by atoms with van der Waals surface area (Å²) in [7, 11) is -3.50. The first-order valence-corrected chi connectivity index (χ1v) is 14.4. The van der Waals surface area contributed by atoms with Gasteiger partial charge in [-0.2, -0.15) is 4.31 Å². The molecule has 0 spiro atoms. The van der Waals surface area contributed by atoms with E-state index in [1.165, 1.54) is 62.0 Å². The molecular weight excluding hydrogens is 456 g/mol. The van der Waals surface area contributed by atoms with Gasteiger partial charge in [0.25, 0.3) is 5.91 Å². The van der Waals surface area contributed by atoms with Crippen LogP contribution in [0.1, 0.15) is 73.2 Å². The molecule has 176 valence electrons. The molecule has 0 unspecified atom stereocenters. The van der Waals surface area contributed by atoms with Gasteiger partial charge in [0.1, 0.15) is 5.01 Å². The molecule has 7 nitrogen and oxygen atoms in total. The summed E-state index contributed by atoms with van der Waals surface area (Å²) in [6, 6.07) is 6.21. The summed E-state index contributed by atoms with van der Waals surface area (Å²) in [6.07, 6.45) is 10.7. The van der Waals surface area contributed by atoms with Crippen molar-refractivity contribution in [3.63, 3.8) is 0 Å². The van der Waals surface area contributed by atoms with Crippen LogP contribution in [0.3, 0.4) is 0 Å². The number of carbonyl (C=O) groups excluding carboxylic acids is 1. The van der Waals surface area contributed by atoms with Crippen LogP contribution in [-0.2, 0) is 15.4 Å². The molecule has 1 amide bonds. The van der Waals surface area contributed by atoms with Gasteiger partial charge in [-0.25, -0.2) is 8.42 Å². The lowest BCUT2D eigenvalue weighted by atomic mass is 9.50. The molecule has 5 fully saturated rings. The Morgan fingerprint density at radius 2 is 1.55 bits per heavy atom. The van der Waals surface area contributed by atoms with E-state index in [0.29, 0.717) is 23.8 Å². The van der Waals surface area contributed by atoms with Gasteiger partial charge in [-0.1, -0.05) is 17.8 Å². The predicted molar refractivity (Wildman–Crippen MR) is 127 cm³/mol. The highest BCUT2D eigenvalue weighted by atomic mass is 32.2. The van der Waals surface area contributed by atoms with Crippen LogP contribution in [0.4, 0.5) is 5.13 Å². The zero-order valence-electron chi connectivity index (χ0n) is 18.7. The molecule has 2 heterocycles. The topological polar surface area (TPSA) is 92.3 Å². The third-order valence-electron chi connectivity index (χ3n) is 8.21. The third kappa shape index (κ3) is 3.91. The number of piperidine rings is 1. The van der Waals surface area contributed by atoms with Crippen molar-refractivity contribution in [2.24, 2.45) is 17.8 Å². The Morgan fingerprint density at radius 1 is 0.939 bits per heavy atom. The van der Waals surface area contributed by atoms with E-state index in [0.717, 1.165) is 42.0 Å². The first-order chi connectivity index (χ1) is 15.9. The summed E-state index contributed by atoms with van der Waals surface area (Å²) in [6.45, 7) is 1.13. The molecule has 0 atom stereocenters. The van der Waals surface area contributed by atoms with Crippen LogP contribution < -0.4 is 5.32 Å². The number of hydrogen-bond acceptors (Lipinski definition) is 6. The molecule has 4 saturated carbocycles. The zero-order valence-corrected chi connectivity index (χ0v) is 20.3. The lowest BCUT2D eigenvalue weighted by Gasteiger charge is -2.55. The molecule has 4 bridgehead atoms. The number of nitrogens with one attached hydrogen (secondary N) is 1. The quantitative estimate of drug-likeness (QED) is 0.675. The molecule has 1 aromatic heterocycles. The van der Waals surface area contributed by atoms with Gasteiger partial charge >= 0.3 is 0 Å². The lowest BCUT2D eigenvalue weighted by Crippen LogP contribution is -2.48. The van der Waals surface area contributed by atoms with Crippen molar-refractivity contribution < 1.29 is 13.2 Å². The molecule has 9 heteroatoms. The van der Waals surface area contributed by atoms with Crippen LogP contribution in [0.15, 0.2) is 29.2 Å². The van der Waals surface area contributed by atoms with Crippen molar-refractivity contribution in [2.75, 3.05) is 18.4 Å². The van der Waals surface area contributed by atoms with Gasteiger partial charge in [0, 0.05) is 24.1 Å². The molecule has 33 heavy (non-hydrogen) atoms. The average molecular weight is 487 g/mol. The van der Waals surface area contributed by atoms with E-state index in [1.54, 1.807) is 16.4 Å². The molecular formula is C24H30N4O3S2. The standard InChI is InChI=1S/C24H30N4O3S2/c29-21(19-4-6-20(7-5-19)33(30,31)28-8-2-1-3-9-28)25-23-27-26-22(32-23)24-13-16-10-17(14-24)12-18(11-16)15-24/h4-7,16-18H,1-3,8-15H2,(H,25,27,29). The first kappa shape index (κ1) is 21.7. The number of sulfonamides is 1. The molecule has 1 N–H and O–H groups in total. The van der Waals surface area contributed by atoms with E-state index in [1.807, 2.05) is 0 Å². The fourth-order valence-corrected chi connectivity index (χ4v) is 9.54. The molecule has 0 radical (unpaired) electrons. The van der Waals surface area contributed by atoms with E-state index < -0.39 is 10.0 Å². The molecule has 1 saturated heterocycles. The van der Waals surface area contributed by atoms with Crippen LogP contribution >= 0.6 is 11.3 Å². The van der Waals surface area contributed by atoms with Gasteiger partial charge in [0.05, 0.1) is 4.90 Å². The van der Waals surface area contributed by atoms with Gasteiger partial charge in [-0.05, 0) is 93.4 Å². The summed E-state index contributed by atoms with van der Waals surface area (Å²) < 4.78 is 27.2. The fraction of sp³-hybridized carbons (Fsp3) is 0.625. The minimum absolute atomic E-state index is 0.167. The highest BCUT2D eigenvalue weighted by molar-refractivity contribution is 7.89. The molecule has 7 rings (SSSR count). The summed E-state index contributed by atoms with van der Waals surface area (Å²) >= 11 is 1.51. The highest BCUT2D eigenvalue weighted by Gasteiger charge is 2.53. The van der Waals surface area contributed by atoms with Crippen molar-refractivity contribution >= 4 is 32.4 Å². The van der Waals surface area contributed by atoms with Gasteiger partial charge < -0.3 is 0 Å². The summed E-state index contributed by atoms with van der Waals surface area (Å²) in [5, 5.41) is 13.3. The molecule has 1 aromatic carbocycles. The lowest BCUT2D eigenvalue weighted by molar-refractivity contribution is -0.00555. The van der Waals surface area contributed by atoms with Crippen molar-refractivity contribution in [3.8, 4) is 0 Å². The Balaban J connectivity index is 1.15. The highest BCUT2D eigenvalue weighted by Crippen LogP contribution is 2.61. The van der Waals surface area contributed by atoms with E-state index >= 15 is 0 Å². The number of anilines is 1. The molecule has 5 aliphatic rings. The number of nitrogens with zero attached hydrogens (tertiary/aromatic N) is 3. The zero-order chi connectivity index (χ0) is 22.6. The molecule has 1 aliphatic heterocycles. The second kappa shape index (κ2) is 8.13. The number of benzene rings is 1. The van der Waals surface area contributed by atoms with Crippen LogP contribution in [-0.4, -0.2) is 41.9 Å². The second-order valence-electron chi connectivity index (χ2n) is 10.6. The molecule has 2 aromatic rings.